The summed E-state index contributed by atoms with van der Waals surface area (Å²) in [4.78, 5) is 13.3. The summed E-state index contributed by atoms with van der Waals surface area (Å²) in [6, 6.07) is 6.24. The first-order valence-electron chi connectivity index (χ1n) is 6.60. The van der Waals surface area contributed by atoms with E-state index in [2.05, 4.69) is 11.8 Å². The molecule has 0 bridgehead atoms. The number of benzene rings is 1. The number of rotatable bonds is 4. The maximum absolute atomic E-state index is 10.9. The molecule has 1 aliphatic rings. The lowest BCUT2D eigenvalue weighted by Crippen LogP contribution is -2.36. The predicted octanol–water partition coefficient (Wildman–Crippen LogP) is 2.88. The van der Waals surface area contributed by atoms with Gasteiger partial charge in [-0.25, -0.2) is 0 Å². The monoisotopic (exact) mass is 247 g/mol. The number of carbonyl (C=O) groups is 1. The third-order valence-electron chi connectivity index (χ3n) is 3.75. The van der Waals surface area contributed by atoms with Crippen LogP contribution in [0.5, 0.6) is 5.75 Å². The highest BCUT2D eigenvalue weighted by Gasteiger charge is 2.19. The molecule has 0 saturated carbocycles. The number of methoxy groups -OCH3 is 1. The van der Waals surface area contributed by atoms with Crippen molar-refractivity contribution in [1.29, 1.82) is 0 Å². The van der Waals surface area contributed by atoms with E-state index in [1.807, 2.05) is 12.1 Å². The maximum Gasteiger partial charge on any atom is 0.150 e. The second-order valence-electron chi connectivity index (χ2n) is 5.00. The van der Waals surface area contributed by atoms with Crippen LogP contribution >= 0.6 is 0 Å². The fourth-order valence-electron chi connectivity index (χ4n) is 2.61. The molecule has 0 spiro atoms. The van der Waals surface area contributed by atoms with Crippen LogP contribution in [-0.4, -0.2) is 30.9 Å². The van der Waals surface area contributed by atoms with Gasteiger partial charge in [0.25, 0.3) is 0 Å². The summed E-state index contributed by atoms with van der Waals surface area (Å²) < 4.78 is 5.38. The zero-order chi connectivity index (χ0) is 13.0. The molecular formula is C15H21NO2. The molecule has 1 unspecified atom stereocenters. The Morgan fingerprint density at radius 2 is 2.28 bits per heavy atom. The normalized spacial score (nSPS) is 20.7. The molecule has 0 amide bonds. The van der Waals surface area contributed by atoms with Gasteiger partial charge in [-0.3, -0.25) is 9.69 Å². The van der Waals surface area contributed by atoms with E-state index >= 15 is 0 Å². The molecule has 1 atom stereocenters. The molecule has 0 N–H and O–H groups in total. The fourth-order valence-corrected chi connectivity index (χ4v) is 2.61. The van der Waals surface area contributed by atoms with Crippen LogP contribution in [-0.2, 0) is 6.54 Å². The van der Waals surface area contributed by atoms with Gasteiger partial charge in [0, 0.05) is 23.7 Å². The zero-order valence-electron chi connectivity index (χ0n) is 11.2. The van der Waals surface area contributed by atoms with E-state index in [0.29, 0.717) is 6.04 Å². The average molecular weight is 247 g/mol. The van der Waals surface area contributed by atoms with Crippen molar-refractivity contribution in [3.63, 3.8) is 0 Å². The average Bonchev–Trinajstić information content (AvgIpc) is 2.41. The molecular weight excluding hydrogens is 226 g/mol. The molecule has 1 aromatic rings. The standard InChI is InChI=1S/C15H21NO2/c1-12-5-3-4-8-16(12)10-14-9-13(11-17)6-7-15(14)18-2/h6-7,9,11-12H,3-5,8,10H2,1-2H3. The summed E-state index contributed by atoms with van der Waals surface area (Å²) in [5, 5.41) is 0. The molecule has 1 heterocycles. The number of likely N-dealkylation sites (tertiary alicyclic amines) is 1. The minimum atomic E-state index is 0.614. The Balaban J connectivity index is 2.17. The van der Waals surface area contributed by atoms with Crippen molar-refractivity contribution in [3.8, 4) is 5.75 Å². The van der Waals surface area contributed by atoms with Gasteiger partial charge in [0.05, 0.1) is 7.11 Å². The number of hydrogen-bond donors (Lipinski definition) is 0. The first kappa shape index (κ1) is 13.1. The smallest absolute Gasteiger partial charge is 0.150 e. The third kappa shape index (κ3) is 2.91. The number of nitrogens with zero attached hydrogens (tertiary/aromatic N) is 1. The molecule has 1 aliphatic heterocycles. The summed E-state index contributed by atoms with van der Waals surface area (Å²) in [6.45, 7) is 4.27. The summed E-state index contributed by atoms with van der Waals surface area (Å²) in [5.41, 5.74) is 1.83. The van der Waals surface area contributed by atoms with Crippen LogP contribution in [0.2, 0.25) is 0 Å². The summed E-state index contributed by atoms with van der Waals surface area (Å²) >= 11 is 0. The Morgan fingerprint density at radius 1 is 1.44 bits per heavy atom. The molecule has 1 aromatic carbocycles. The van der Waals surface area contributed by atoms with Crippen molar-refractivity contribution in [2.24, 2.45) is 0 Å². The molecule has 0 aliphatic carbocycles. The van der Waals surface area contributed by atoms with Gasteiger partial charge in [-0.05, 0) is 44.5 Å². The number of aldehydes is 1. The molecule has 1 saturated heterocycles. The van der Waals surface area contributed by atoms with Crippen LogP contribution in [0.1, 0.15) is 42.1 Å². The first-order valence-corrected chi connectivity index (χ1v) is 6.60. The molecule has 0 radical (unpaired) electrons. The first-order chi connectivity index (χ1) is 8.74. The van der Waals surface area contributed by atoms with E-state index in [0.717, 1.165) is 36.3 Å². The maximum atomic E-state index is 10.9. The molecule has 3 heteroatoms. The van der Waals surface area contributed by atoms with Gasteiger partial charge >= 0.3 is 0 Å². The molecule has 0 aromatic heterocycles. The van der Waals surface area contributed by atoms with E-state index in [4.69, 9.17) is 4.74 Å². The number of ether oxygens (including phenoxy) is 1. The van der Waals surface area contributed by atoms with Crippen molar-refractivity contribution in [2.45, 2.75) is 38.8 Å². The van der Waals surface area contributed by atoms with Crippen LogP contribution in [0.25, 0.3) is 0 Å². The predicted molar refractivity (Wildman–Crippen MR) is 72.1 cm³/mol. The van der Waals surface area contributed by atoms with Crippen LogP contribution < -0.4 is 4.74 Å². The van der Waals surface area contributed by atoms with Gasteiger partial charge in [0.15, 0.2) is 0 Å². The van der Waals surface area contributed by atoms with Crippen LogP contribution in [0, 0.1) is 0 Å². The lowest BCUT2D eigenvalue weighted by atomic mass is 10.0. The van der Waals surface area contributed by atoms with E-state index in [1.165, 1.54) is 19.3 Å². The van der Waals surface area contributed by atoms with Gasteiger partial charge in [-0.2, -0.15) is 0 Å². The second-order valence-corrected chi connectivity index (χ2v) is 5.00. The minimum absolute atomic E-state index is 0.614. The fraction of sp³-hybridized carbons (Fsp3) is 0.533. The van der Waals surface area contributed by atoms with E-state index in [9.17, 15) is 4.79 Å². The largest absolute Gasteiger partial charge is 0.496 e. The van der Waals surface area contributed by atoms with Crippen molar-refractivity contribution in [1.82, 2.24) is 4.90 Å². The highest BCUT2D eigenvalue weighted by Crippen LogP contribution is 2.25. The SMILES string of the molecule is COc1ccc(C=O)cc1CN1CCCCC1C. The molecule has 18 heavy (non-hydrogen) atoms. The topological polar surface area (TPSA) is 29.5 Å². The van der Waals surface area contributed by atoms with Gasteiger partial charge in [-0.1, -0.05) is 6.42 Å². The Kier molecular flexibility index (Phi) is 4.37. The highest BCUT2D eigenvalue weighted by atomic mass is 16.5. The Bertz CT molecular complexity index is 417. The molecule has 3 nitrogen and oxygen atoms in total. The lowest BCUT2D eigenvalue weighted by molar-refractivity contribution is 0.112. The van der Waals surface area contributed by atoms with Gasteiger partial charge in [-0.15, -0.1) is 0 Å². The van der Waals surface area contributed by atoms with Gasteiger partial charge in [0.1, 0.15) is 12.0 Å². The molecule has 2 rings (SSSR count). The summed E-state index contributed by atoms with van der Waals surface area (Å²) in [5.74, 6) is 0.873. The van der Waals surface area contributed by atoms with E-state index in [-0.39, 0.29) is 0 Å². The van der Waals surface area contributed by atoms with E-state index < -0.39 is 0 Å². The lowest BCUT2D eigenvalue weighted by Gasteiger charge is -2.33. The molecule has 98 valence electrons. The number of carbonyl (C=O) groups excluding carboxylic acids is 1. The van der Waals surface area contributed by atoms with E-state index in [1.54, 1.807) is 13.2 Å². The number of piperidine rings is 1. The Morgan fingerprint density at radius 3 is 2.94 bits per heavy atom. The number of hydrogen-bond acceptors (Lipinski definition) is 3. The van der Waals surface area contributed by atoms with Crippen LogP contribution in [0.15, 0.2) is 18.2 Å². The third-order valence-corrected chi connectivity index (χ3v) is 3.75. The van der Waals surface area contributed by atoms with Crippen molar-refractivity contribution in [2.75, 3.05) is 13.7 Å². The van der Waals surface area contributed by atoms with Crippen molar-refractivity contribution >= 4 is 6.29 Å². The Hall–Kier alpha value is -1.35. The van der Waals surface area contributed by atoms with Crippen molar-refractivity contribution in [3.05, 3.63) is 29.3 Å². The van der Waals surface area contributed by atoms with Crippen molar-refractivity contribution < 1.29 is 9.53 Å². The minimum Gasteiger partial charge on any atom is -0.496 e. The highest BCUT2D eigenvalue weighted by molar-refractivity contribution is 5.75. The van der Waals surface area contributed by atoms with Crippen LogP contribution in [0.4, 0.5) is 0 Å². The van der Waals surface area contributed by atoms with Crippen LogP contribution in [0.3, 0.4) is 0 Å². The summed E-state index contributed by atoms with van der Waals surface area (Å²) in [7, 11) is 1.68. The Labute approximate surface area is 109 Å². The van der Waals surface area contributed by atoms with Gasteiger partial charge < -0.3 is 4.74 Å². The summed E-state index contributed by atoms with van der Waals surface area (Å²) in [6.07, 6.45) is 4.74. The second kappa shape index (κ2) is 6.01. The quantitative estimate of drug-likeness (QED) is 0.766. The molecule has 1 fully saturated rings. The zero-order valence-corrected chi connectivity index (χ0v) is 11.2. The van der Waals surface area contributed by atoms with Gasteiger partial charge in [0.2, 0.25) is 0 Å².